The van der Waals surface area contributed by atoms with Gasteiger partial charge in [-0.15, -0.1) is 0 Å². The van der Waals surface area contributed by atoms with Gasteiger partial charge in [0.2, 0.25) is 0 Å². The highest BCUT2D eigenvalue weighted by molar-refractivity contribution is 7.90. The van der Waals surface area contributed by atoms with Gasteiger partial charge in [0.05, 0.1) is 0 Å². The lowest BCUT2D eigenvalue weighted by Gasteiger charge is -2.10. The molecular weight excluding hydrogens is 200 g/mol. The van der Waals surface area contributed by atoms with Crippen LogP contribution in [0.5, 0.6) is 0 Å². The topological polar surface area (TPSA) is 65.0 Å². The molecule has 0 amide bonds. The molecule has 14 heavy (non-hydrogen) atoms. The fraction of sp³-hybridized carbons (Fsp3) is 0.333. The quantitative estimate of drug-likeness (QED) is 0.598. The molecule has 1 aromatic rings. The first-order chi connectivity index (χ1) is 6.69. The molecule has 0 saturated heterocycles. The van der Waals surface area contributed by atoms with Gasteiger partial charge in [0.25, 0.3) is 0 Å². The third-order valence-corrected chi connectivity index (χ3v) is 2.59. The number of hydrogen-bond acceptors (Lipinski definition) is 4. The highest BCUT2D eigenvalue weighted by atomic mass is 32.2. The lowest BCUT2D eigenvalue weighted by Crippen LogP contribution is -2.08. The van der Waals surface area contributed by atoms with E-state index in [4.69, 9.17) is 0 Å². The van der Waals surface area contributed by atoms with Gasteiger partial charge >= 0.3 is 0 Å². The van der Waals surface area contributed by atoms with Crippen molar-refractivity contribution in [2.24, 2.45) is 0 Å². The molecule has 0 saturated carbocycles. The largest absolute Gasteiger partial charge is 0.612 e. The van der Waals surface area contributed by atoms with E-state index in [0.717, 1.165) is 0 Å². The Morgan fingerprint density at radius 3 is 2.93 bits per heavy atom. The first-order valence-corrected chi connectivity index (χ1v) is 5.77. The maximum absolute atomic E-state index is 11.3. The predicted molar refractivity (Wildman–Crippen MR) is 56.1 cm³/mol. The van der Waals surface area contributed by atoms with Crippen LogP contribution in [0.2, 0.25) is 0 Å². The molecule has 0 bridgehead atoms. The molecule has 0 spiro atoms. The van der Waals surface area contributed by atoms with Gasteiger partial charge in [-0.2, -0.15) is 0 Å². The summed E-state index contributed by atoms with van der Waals surface area (Å²) < 4.78 is 11.3. The van der Waals surface area contributed by atoms with Crippen molar-refractivity contribution in [3.8, 4) is 0 Å². The number of pyridine rings is 1. The molecular formula is C9H12N2O2S. The van der Waals surface area contributed by atoms with Crippen LogP contribution < -0.4 is 5.32 Å². The summed E-state index contributed by atoms with van der Waals surface area (Å²) in [4.78, 5) is 15.1. The van der Waals surface area contributed by atoms with Crippen LogP contribution in [0.3, 0.4) is 0 Å². The number of hydrogen-bond donors (Lipinski definition) is 1. The molecule has 0 aliphatic heterocycles. The average molecular weight is 212 g/mol. The highest BCUT2D eigenvalue weighted by Gasteiger charge is 2.13. The Hall–Kier alpha value is -1.07. The van der Waals surface area contributed by atoms with Crippen LogP contribution >= 0.6 is 0 Å². The van der Waals surface area contributed by atoms with E-state index < -0.39 is 11.2 Å². The zero-order valence-electron chi connectivity index (χ0n) is 8.11. The number of nitrogens with one attached hydrogen (secondary N) is 1. The van der Waals surface area contributed by atoms with Crippen LogP contribution in [0.25, 0.3) is 0 Å². The molecule has 1 rings (SSSR count). The number of rotatable bonds is 4. The fourth-order valence-electron chi connectivity index (χ4n) is 1.04. The molecule has 1 atom stereocenters. The Balaban J connectivity index is 3.09. The van der Waals surface area contributed by atoms with Crippen LogP contribution in [-0.4, -0.2) is 28.6 Å². The Morgan fingerprint density at radius 1 is 1.71 bits per heavy atom. The molecule has 0 aliphatic rings. The zero-order chi connectivity index (χ0) is 10.6. The van der Waals surface area contributed by atoms with Crippen LogP contribution in [0, 0.1) is 0 Å². The van der Waals surface area contributed by atoms with E-state index in [0.29, 0.717) is 29.1 Å². The monoisotopic (exact) mass is 212 g/mol. The standard InChI is InChI=1S/C9H12N2O2S/c1-3-10-9-8(14(2)13)4-7(6-12)5-11-9/h4-6H,3H2,1-2H3,(H,10,11). The average Bonchev–Trinajstić information content (AvgIpc) is 2.18. The summed E-state index contributed by atoms with van der Waals surface area (Å²) >= 11 is -1.14. The first-order valence-electron chi connectivity index (χ1n) is 4.21. The van der Waals surface area contributed by atoms with Crippen LogP contribution in [0.15, 0.2) is 17.2 Å². The summed E-state index contributed by atoms with van der Waals surface area (Å²) in [5.41, 5.74) is 0.442. The Morgan fingerprint density at radius 2 is 2.43 bits per heavy atom. The van der Waals surface area contributed by atoms with Crippen LogP contribution in [0.4, 0.5) is 5.82 Å². The summed E-state index contributed by atoms with van der Waals surface area (Å²) in [5, 5.41) is 2.99. The maximum Gasteiger partial charge on any atom is 0.195 e. The Kier molecular flexibility index (Phi) is 3.91. The van der Waals surface area contributed by atoms with E-state index in [2.05, 4.69) is 10.3 Å². The van der Waals surface area contributed by atoms with Gasteiger partial charge in [0, 0.05) is 24.4 Å². The molecule has 0 radical (unpaired) electrons. The summed E-state index contributed by atoms with van der Waals surface area (Å²) in [7, 11) is 0. The van der Waals surface area contributed by atoms with Gasteiger partial charge in [0.1, 0.15) is 6.26 Å². The lowest BCUT2D eigenvalue weighted by atomic mass is 10.3. The van der Waals surface area contributed by atoms with E-state index in [1.54, 1.807) is 12.3 Å². The van der Waals surface area contributed by atoms with E-state index >= 15 is 0 Å². The van der Waals surface area contributed by atoms with Crippen molar-refractivity contribution in [1.29, 1.82) is 0 Å². The minimum Gasteiger partial charge on any atom is -0.612 e. The SMILES string of the molecule is CCNc1ncc(C=O)cc1[S+](C)[O-]. The molecule has 1 heterocycles. The van der Waals surface area contributed by atoms with Crippen molar-refractivity contribution >= 4 is 23.3 Å². The highest BCUT2D eigenvalue weighted by Crippen LogP contribution is 2.18. The third kappa shape index (κ3) is 2.46. The normalized spacial score (nSPS) is 12.2. The van der Waals surface area contributed by atoms with Gasteiger partial charge < -0.3 is 9.87 Å². The second kappa shape index (κ2) is 4.97. The predicted octanol–water partition coefficient (Wildman–Crippen LogP) is 1.06. The van der Waals surface area contributed by atoms with E-state index in [1.807, 2.05) is 6.92 Å². The maximum atomic E-state index is 11.3. The van der Waals surface area contributed by atoms with Gasteiger partial charge in [-0.25, -0.2) is 4.98 Å². The van der Waals surface area contributed by atoms with E-state index in [-0.39, 0.29) is 0 Å². The molecule has 1 N–H and O–H groups in total. The molecule has 0 aliphatic carbocycles. The molecule has 5 heteroatoms. The minimum atomic E-state index is -1.14. The Bertz CT molecular complexity index is 329. The second-order valence-electron chi connectivity index (χ2n) is 2.72. The molecule has 0 aromatic carbocycles. The van der Waals surface area contributed by atoms with Crippen LogP contribution in [0.1, 0.15) is 17.3 Å². The molecule has 1 aromatic heterocycles. The lowest BCUT2D eigenvalue weighted by molar-refractivity contribution is 0.112. The smallest absolute Gasteiger partial charge is 0.195 e. The number of anilines is 1. The van der Waals surface area contributed by atoms with E-state index in [9.17, 15) is 9.35 Å². The minimum absolute atomic E-state index is 0.442. The van der Waals surface area contributed by atoms with Crippen molar-refractivity contribution in [2.45, 2.75) is 11.8 Å². The third-order valence-electron chi connectivity index (χ3n) is 1.66. The van der Waals surface area contributed by atoms with Crippen LogP contribution in [-0.2, 0) is 11.2 Å². The van der Waals surface area contributed by atoms with Gasteiger partial charge in [-0.3, -0.25) is 4.79 Å². The second-order valence-corrected chi connectivity index (χ2v) is 4.07. The first kappa shape index (κ1) is 11.0. The summed E-state index contributed by atoms with van der Waals surface area (Å²) in [6.07, 6.45) is 3.72. The molecule has 76 valence electrons. The van der Waals surface area contributed by atoms with E-state index in [1.165, 1.54) is 6.20 Å². The number of carbonyl (C=O) groups excluding carboxylic acids is 1. The van der Waals surface area contributed by atoms with Crippen molar-refractivity contribution in [3.05, 3.63) is 17.8 Å². The Labute approximate surface area is 85.9 Å². The number of aldehydes is 1. The molecule has 4 nitrogen and oxygen atoms in total. The van der Waals surface area contributed by atoms with Crippen molar-refractivity contribution < 1.29 is 9.35 Å². The summed E-state index contributed by atoms with van der Waals surface area (Å²) in [5.74, 6) is 0.582. The summed E-state index contributed by atoms with van der Waals surface area (Å²) in [6.45, 7) is 2.63. The number of carbonyl (C=O) groups is 1. The zero-order valence-corrected chi connectivity index (χ0v) is 8.93. The molecule has 0 fully saturated rings. The van der Waals surface area contributed by atoms with Gasteiger partial charge in [0.15, 0.2) is 17.0 Å². The number of nitrogens with zero attached hydrogens (tertiary/aromatic N) is 1. The van der Waals surface area contributed by atoms with Gasteiger partial charge in [-0.1, -0.05) is 0 Å². The molecule has 1 unspecified atom stereocenters. The fourth-order valence-corrected chi connectivity index (χ4v) is 1.74. The van der Waals surface area contributed by atoms with Crippen molar-refractivity contribution in [2.75, 3.05) is 18.1 Å². The summed E-state index contributed by atoms with van der Waals surface area (Å²) in [6, 6.07) is 1.59. The van der Waals surface area contributed by atoms with Crippen molar-refractivity contribution in [3.63, 3.8) is 0 Å². The number of aromatic nitrogens is 1. The van der Waals surface area contributed by atoms with Gasteiger partial charge in [-0.05, 0) is 18.1 Å². The van der Waals surface area contributed by atoms with Crippen molar-refractivity contribution in [1.82, 2.24) is 4.98 Å².